The number of carbonyl (C=O) groups is 1. The van der Waals surface area contributed by atoms with Crippen LogP contribution in [0, 0.1) is 42.9 Å². The highest BCUT2D eigenvalue weighted by Crippen LogP contribution is 2.30. The van der Waals surface area contributed by atoms with Crippen LogP contribution in [-0.4, -0.2) is 29.2 Å². The number of nitro groups is 2. The quantitative estimate of drug-likeness (QED) is 0.301. The van der Waals surface area contributed by atoms with Gasteiger partial charge in [-0.3, -0.25) is 20.2 Å². The van der Waals surface area contributed by atoms with Gasteiger partial charge in [0.05, 0.1) is 67.5 Å². The Morgan fingerprint density at radius 3 is 1.53 bits per heavy atom. The van der Waals surface area contributed by atoms with E-state index in [0.29, 0.717) is 0 Å². The van der Waals surface area contributed by atoms with E-state index in [1.807, 2.05) is 0 Å². The summed E-state index contributed by atoms with van der Waals surface area (Å²) in [6, 6.07) is 8.17. The van der Waals surface area contributed by atoms with Gasteiger partial charge < -0.3 is 9.47 Å². The monoisotopic (exact) mass is 478 g/mol. The smallest absolute Gasteiger partial charge is 0.434 e. The van der Waals surface area contributed by atoms with Crippen molar-refractivity contribution in [3.63, 3.8) is 0 Å². The van der Waals surface area contributed by atoms with Gasteiger partial charge in [0.2, 0.25) is 0 Å². The van der Waals surface area contributed by atoms with Crippen LogP contribution in [0.4, 0.5) is 16.2 Å². The molecule has 2 aromatic rings. The summed E-state index contributed by atoms with van der Waals surface area (Å²) in [5.74, 6) is 0. The lowest BCUT2D eigenvalue weighted by molar-refractivity contribution is -0.385. The van der Waals surface area contributed by atoms with Crippen molar-refractivity contribution in [2.24, 2.45) is 0 Å². The zero-order valence-corrected chi connectivity index (χ0v) is 17.6. The fraction of sp³-hybridized carbons (Fsp3) is 0.211. The van der Waals surface area contributed by atoms with Crippen molar-refractivity contribution >= 4 is 40.7 Å². The van der Waals surface area contributed by atoms with Crippen molar-refractivity contribution < 1.29 is 24.1 Å². The number of ether oxygens (including phenoxy) is 2. The fourth-order valence-corrected chi connectivity index (χ4v) is 3.33. The topological polar surface area (TPSA) is 169 Å². The normalized spacial score (nSPS) is 10.0. The van der Waals surface area contributed by atoms with Crippen LogP contribution in [0.1, 0.15) is 22.3 Å². The maximum Gasteiger partial charge on any atom is 0.508 e. The van der Waals surface area contributed by atoms with Crippen molar-refractivity contribution in [2.75, 3.05) is 13.2 Å². The Bertz CT molecular complexity index is 1080. The van der Waals surface area contributed by atoms with Crippen molar-refractivity contribution in [3.8, 4) is 12.1 Å². The van der Waals surface area contributed by atoms with Gasteiger partial charge in [0.1, 0.15) is 0 Å². The van der Waals surface area contributed by atoms with Crippen molar-refractivity contribution in [1.82, 2.24) is 0 Å². The first-order valence-corrected chi connectivity index (χ1v) is 9.46. The third-order valence-electron chi connectivity index (χ3n) is 4.14. The SMILES string of the molecule is N#Cc1cc(Cl)c(CCOC(=O)OCCc2c(Cl)cc(C#N)cc2[N+](=O)[O-])c([N+](=O)[O-])c1. The molecular formula is C19H12Cl2N4O7. The van der Waals surface area contributed by atoms with E-state index in [-0.39, 0.29) is 69.7 Å². The van der Waals surface area contributed by atoms with Gasteiger partial charge in [-0.2, -0.15) is 10.5 Å². The summed E-state index contributed by atoms with van der Waals surface area (Å²) in [6.07, 6.45) is -1.32. The van der Waals surface area contributed by atoms with Gasteiger partial charge in [0, 0.05) is 25.0 Å². The summed E-state index contributed by atoms with van der Waals surface area (Å²) < 4.78 is 9.71. The number of nitrogens with zero attached hydrogens (tertiary/aromatic N) is 4. The minimum atomic E-state index is -1.11. The Labute approximate surface area is 190 Å². The molecule has 0 saturated carbocycles. The standard InChI is InChI=1S/C19H12Cl2N4O7/c20-15-5-11(9-22)7-17(24(27)28)13(15)1-3-31-19(26)32-4-2-14-16(21)6-12(10-23)8-18(14)25(29)30/h5-8H,1-4H2. The summed E-state index contributed by atoms with van der Waals surface area (Å²) in [5, 5.41) is 40.1. The van der Waals surface area contributed by atoms with Crippen molar-refractivity contribution in [1.29, 1.82) is 10.5 Å². The van der Waals surface area contributed by atoms with Crippen molar-refractivity contribution in [2.45, 2.75) is 12.8 Å². The average molecular weight is 479 g/mol. The number of halogens is 2. The van der Waals surface area contributed by atoms with Gasteiger partial charge in [0.15, 0.2) is 0 Å². The van der Waals surface area contributed by atoms with E-state index in [1.165, 1.54) is 12.1 Å². The maximum absolute atomic E-state index is 11.8. The zero-order chi connectivity index (χ0) is 23.8. The second-order valence-electron chi connectivity index (χ2n) is 6.10. The molecule has 0 aromatic heterocycles. The van der Waals surface area contributed by atoms with Crippen LogP contribution in [0.3, 0.4) is 0 Å². The first kappa shape index (κ1) is 24.3. The van der Waals surface area contributed by atoms with Crippen LogP contribution >= 0.6 is 23.2 Å². The number of nitro benzene ring substituents is 2. The van der Waals surface area contributed by atoms with Crippen LogP contribution in [0.5, 0.6) is 0 Å². The summed E-state index contributed by atoms with van der Waals surface area (Å²) >= 11 is 12.0. The number of hydrogen-bond acceptors (Lipinski definition) is 9. The number of hydrogen-bond donors (Lipinski definition) is 0. The molecule has 0 aliphatic rings. The molecule has 0 aliphatic heterocycles. The Morgan fingerprint density at radius 2 is 1.22 bits per heavy atom. The van der Waals surface area contributed by atoms with Crippen LogP contribution in [-0.2, 0) is 22.3 Å². The van der Waals surface area contributed by atoms with Gasteiger partial charge in [-0.1, -0.05) is 23.2 Å². The molecule has 2 rings (SSSR count). The highest BCUT2D eigenvalue weighted by Gasteiger charge is 2.21. The minimum absolute atomic E-state index is 0.0151. The number of nitriles is 2. The molecule has 2 aromatic carbocycles. The summed E-state index contributed by atoms with van der Waals surface area (Å²) in [5.41, 5.74) is -0.558. The third kappa shape index (κ3) is 6.04. The van der Waals surface area contributed by atoms with E-state index >= 15 is 0 Å². The second-order valence-corrected chi connectivity index (χ2v) is 6.91. The van der Waals surface area contributed by atoms with E-state index in [9.17, 15) is 25.0 Å². The van der Waals surface area contributed by atoms with Crippen LogP contribution < -0.4 is 0 Å². The maximum atomic E-state index is 11.8. The van der Waals surface area contributed by atoms with Gasteiger partial charge >= 0.3 is 6.16 Å². The zero-order valence-electron chi connectivity index (χ0n) is 16.0. The summed E-state index contributed by atoms with van der Waals surface area (Å²) in [7, 11) is 0. The molecule has 164 valence electrons. The second kappa shape index (κ2) is 10.9. The summed E-state index contributed by atoms with van der Waals surface area (Å²) in [6.45, 7) is -0.605. The van der Waals surface area contributed by atoms with E-state index in [0.717, 1.165) is 12.1 Å². The van der Waals surface area contributed by atoms with E-state index in [4.69, 9.17) is 43.2 Å². The third-order valence-corrected chi connectivity index (χ3v) is 4.81. The lowest BCUT2D eigenvalue weighted by Crippen LogP contribution is -2.13. The first-order chi connectivity index (χ1) is 15.2. The van der Waals surface area contributed by atoms with Crippen LogP contribution in [0.25, 0.3) is 0 Å². The predicted molar refractivity (Wildman–Crippen MR) is 110 cm³/mol. The Morgan fingerprint density at radius 1 is 0.844 bits per heavy atom. The summed E-state index contributed by atoms with van der Waals surface area (Å²) in [4.78, 5) is 32.7. The molecule has 0 radical (unpaired) electrons. The van der Waals surface area contributed by atoms with E-state index in [2.05, 4.69) is 0 Å². The lowest BCUT2D eigenvalue weighted by Gasteiger charge is -2.09. The molecule has 0 atom stereocenters. The van der Waals surface area contributed by atoms with Gasteiger partial charge in [0.25, 0.3) is 11.4 Å². The Kier molecular flexibility index (Phi) is 8.30. The number of benzene rings is 2. The molecule has 0 fully saturated rings. The van der Waals surface area contributed by atoms with E-state index in [1.54, 1.807) is 12.1 Å². The molecule has 0 amide bonds. The lowest BCUT2D eigenvalue weighted by atomic mass is 10.1. The molecule has 11 nitrogen and oxygen atoms in total. The molecule has 0 heterocycles. The molecule has 0 bridgehead atoms. The molecule has 0 spiro atoms. The molecule has 32 heavy (non-hydrogen) atoms. The Balaban J connectivity index is 1.95. The van der Waals surface area contributed by atoms with Gasteiger partial charge in [-0.25, -0.2) is 4.79 Å². The molecular weight excluding hydrogens is 467 g/mol. The van der Waals surface area contributed by atoms with Gasteiger partial charge in [-0.05, 0) is 12.1 Å². The van der Waals surface area contributed by atoms with E-state index < -0.39 is 16.0 Å². The molecule has 0 saturated heterocycles. The highest BCUT2D eigenvalue weighted by atomic mass is 35.5. The fourth-order valence-electron chi connectivity index (χ4n) is 2.71. The molecule has 0 aliphatic carbocycles. The first-order valence-electron chi connectivity index (χ1n) is 8.71. The van der Waals surface area contributed by atoms with Crippen LogP contribution in [0.15, 0.2) is 24.3 Å². The average Bonchev–Trinajstić information content (AvgIpc) is 2.74. The largest absolute Gasteiger partial charge is 0.508 e. The Hall–Kier alpha value is -3.93. The molecule has 13 heteroatoms. The molecule has 0 unspecified atom stereocenters. The van der Waals surface area contributed by atoms with Gasteiger partial charge in [-0.15, -0.1) is 0 Å². The van der Waals surface area contributed by atoms with Crippen LogP contribution in [0.2, 0.25) is 10.0 Å². The minimum Gasteiger partial charge on any atom is -0.434 e. The molecule has 0 N–H and O–H groups in total. The number of rotatable bonds is 8. The van der Waals surface area contributed by atoms with Crippen molar-refractivity contribution in [3.05, 3.63) is 76.8 Å². The number of carbonyl (C=O) groups excluding carboxylic acids is 1. The highest BCUT2D eigenvalue weighted by molar-refractivity contribution is 6.32. The predicted octanol–water partition coefficient (Wildman–Crippen LogP) is 4.49.